The second-order valence-electron chi connectivity index (χ2n) is 3.10. The highest BCUT2D eigenvalue weighted by Gasteiger charge is 2.16. The number of esters is 1. The van der Waals surface area contributed by atoms with Crippen molar-refractivity contribution in [1.29, 1.82) is 0 Å². The number of carbonyl (C=O) groups is 1. The Morgan fingerprint density at radius 2 is 2.15 bits per heavy atom. The van der Waals surface area contributed by atoms with Crippen LogP contribution in [0, 0.1) is 5.92 Å². The first-order valence-electron chi connectivity index (χ1n) is 4.18. The van der Waals surface area contributed by atoms with Crippen molar-refractivity contribution in [3.63, 3.8) is 0 Å². The van der Waals surface area contributed by atoms with Gasteiger partial charge in [0.25, 0.3) is 0 Å². The lowest BCUT2D eigenvalue weighted by atomic mass is 10.2. The summed E-state index contributed by atoms with van der Waals surface area (Å²) in [4.78, 5) is 11.0. The van der Waals surface area contributed by atoms with Crippen molar-refractivity contribution >= 4 is 5.97 Å². The average molecular weight is 186 g/mol. The van der Waals surface area contributed by atoms with Gasteiger partial charge < -0.3 is 14.2 Å². The van der Waals surface area contributed by atoms with E-state index in [1.807, 2.05) is 0 Å². The van der Waals surface area contributed by atoms with E-state index in [9.17, 15) is 4.79 Å². The largest absolute Gasteiger partial charge is 0.462 e. The number of hydrogen-bond acceptors (Lipinski definition) is 4. The molecule has 1 aliphatic rings. The minimum atomic E-state index is -0.356. The van der Waals surface area contributed by atoms with E-state index in [0.717, 1.165) is 0 Å². The summed E-state index contributed by atoms with van der Waals surface area (Å²) in [5, 5.41) is 0. The Morgan fingerprint density at radius 1 is 1.54 bits per heavy atom. The molecule has 4 heteroatoms. The van der Waals surface area contributed by atoms with Crippen LogP contribution in [0.5, 0.6) is 0 Å². The van der Waals surface area contributed by atoms with Crippen LogP contribution in [0.4, 0.5) is 0 Å². The second-order valence-corrected chi connectivity index (χ2v) is 3.10. The Labute approximate surface area is 77.5 Å². The van der Waals surface area contributed by atoms with Crippen molar-refractivity contribution in [2.45, 2.75) is 6.92 Å². The third kappa shape index (κ3) is 3.57. The lowest BCUT2D eigenvalue weighted by molar-refractivity contribution is -0.154. The van der Waals surface area contributed by atoms with Gasteiger partial charge in [-0.2, -0.15) is 0 Å². The average Bonchev–Trinajstić information content (AvgIpc) is 2.15. The highest BCUT2D eigenvalue weighted by atomic mass is 16.7. The molecule has 0 N–H and O–H groups in total. The molecule has 0 aromatic heterocycles. The molecule has 0 amide bonds. The van der Waals surface area contributed by atoms with E-state index in [-0.39, 0.29) is 11.9 Å². The van der Waals surface area contributed by atoms with Crippen LogP contribution in [-0.2, 0) is 19.0 Å². The summed E-state index contributed by atoms with van der Waals surface area (Å²) < 4.78 is 15.0. The maximum absolute atomic E-state index is 11.0. The van der Waals surface area contributed by atoms with Gasteiger partial charge in [-0.1, -0.05) is 6.58 Å². The molecular formula is C9H14O4. The van der Waals surface area contributed by atoms with Crippen molar-refractivity contribution < 1.29 is 19.0 Å². The molecule has 13 heavy (non-hydrogen) atoms. The van der Waals surface area contributed by atoms with Gasteiger partial charge in [0.05, 0.1) is 19.8 Å². The number of carbonyl (C=O) groups excluding carboxylic acids is 1. The molecule has 0 bridgehead atoms. The Kier molecular flexibility index (Phi) is 3.92. The predicted molar refractivity (Wildman–Crippen MR) is 46.0 cm³/mol. The molecule has 74 valence electrons. The fraction of sp³-hybridized carbons (Fsp3) is 0.667. The van der Waals surface area contributed by atoms with Gasteiger partial charge in [-0.15, -0.1) is 0 Å². The first-order chi connectivity index (χ1) is 6.20. The zero-order chi connectivity index (χ0) is 9.68. The molecule has 4 nitrogen and oxygen atoms in total. The van der Waals surface area contributed by atoms with E-state index in [4.69, 9.17) is 14.2 Å². The molecule has 0 aliphatic carbocycles. The van der Waals surface area contributed by atoms with Gasteiger partial charge >= 0.3 is 5.97 Å². The van der Waals surface area contributed by atoms with Crippen molar-refractivity contribution in [1.82, 2.24) is 0 Å². The van der Waals surface area contributed by atoms with E-state index >= 15 is 0 Å². The number of hydrogen-bond donors (Lipinski definition) is 0. The Bertz CT molecular complexity index is 194. The summed E-state index contributed by atoms with van der Waals surface area (Å²) in [6.45, 7) is 6.95. The maximum atomic E-state index is 11.0. The van der Waals surface area contributed by atoms with Crippen LogP contribution in [0.25, 0.3) is 0 Å². The lowest BCUT2D eigenvalue weighted by Gasteiger charge is -2.21. The minimum absolute atomic E-state index is 0.150. The Hall–Kier alpha value is -0.870. The Balaban J connectivity index is 2.17. The highest BCUT2D eigenvalue weighted by molar-refractivity contribution is 5.86. The van der Waals surface area contributed by atoms with E-state index in [0.29, 0.717) is 32.2 Å². The van der Waals surface area contributed by atoms with Crippen LogP contribution in [0.1, 0.15) is 6.92 Å². The van der Waals surface area contributed by atoms with Crippen molar-refractivity contribution in [3.05, 3.63) is 12.2 Å². The molecule has 0 unspecified atom stereocenters. The SMILES string of the molecule is C=C(C)C(=O)OCC1COCOC1. The van der Waals surface area contributed by atoms with Gasteiger partial charge in [-0.05, 0) is 6.92 Å². The van der Waals surface area contributed by atoms with Crippen molar-refractivity contribution in [2.24, 2.45) is 5.92 Å². The summed E-state index contributed by atoms with van der Waals surface area (Å²) in [5.41, 5.74) is 0.414. The van der Waals surface area contributed by atoms with Gasteiger partial charge in [0, 0.05) is 11.5 Å². The molecule has 1 fully saturated rings. The molecular weight excluding hydrogens is 172 g/mol. The van der Waals surface area contributed by atoms with Crippen LogP contribution < -0.4 is 0 Å². The van der Waals surface area contributed by atoms with E-state index < -0.39 is 0 Å². The van der Waals surface area contributed by atoms with Crippen LogP contribution in [0.15, 0.2) is 12.2 Å². The molecule has 1 saturated heterocycles. The summed E-state index contributed by atoms with van der Waals surface area (Å²) in [7, 11) is 0. The van der Waals surface area contributed by atoms with E-state index in [1.54, 1.807) is 6.92 Å². The lowest BCUT2D eigenvalue weighted by Crippen LogP contribution is -2.28. The quantitative estimate of drug-likeness (QED) is 0.481. The van der Waals surface area contributed by atoms with Gasteiger partial charge in [0.15, 0.2) is 0 Å². The van der Waals surface area contributed by atoms with Crippen molar-refractivity contribution in [2.75, 3.05) is 26.6 Å². The molecule has 0 saturated carbocycles. The first-order valence-corrected chi connectivity index (χ1v) is 4.18. The molecule has 0 aromatic carbocycles. The Morgan fingerprint density at radius 3 is 2.69 bits per heavy atom. The molecule has 1 aliphatic heterocycles. The molecule has 0 atom stereocenters. The smallest absolute Gasteiger partial charge is 0.333 e. The van der Waals surface area contributed by atoms with E-state index in [2.05, 4.69) is 6.58 Å². The zero-order valence-electron chi connectivity index (χ0n) is 7.75. The number of ether oxygens (including phenoxy) is 3. The van der Waals surface area contributed by atoms with Crippen LogP contribution >= 0.6 is 0 Å². The summed E-state index contributed by atoms with van der Waals surface area (Å²) in [6, 6.07) is 0. The molecule has 0 aromatic rings. The van der Waals surface area contributed by atoms with Gasteiger partial charge in [-0.3, -0.25) is 0 Å². The summed E-state index contributed by atoms with van der Waals surface area (Å²) in [5.74, 6) is -0.206. The van der Waals surface area contributed by atoms with Gasteiger partial charge in [0.2, 0.25) is 0 Å². The highest BCUT2D eigenvalue weighted by Crippen LogP contribution is 2.06. The zero-order valence-corrected chi connectivity index (χ0v) is 7.75. The summed E-state index contributed by atoms with van der Waals surface area (Å²) in [6.07, 6.45) is 0. The van der Waals surface area contributed by atoms with Gasteiger partial charge in [0.1, 0.15) is 6.79 Å². The number of rotatable bonds is 3. The third-order valence-corrected chi connectivity index (χ3v) is 1.67. The molecule has 0 spiro atoms. The molecule has 1 rings (SSSR count). The van der Waals surface area contributed by atoms with Crippen LogP contribution in [0.2, 0.25) is 0 Å². The van der Waals surface area contributed by atoms with Crippen molar-refractivity contribution in [3.8, 4) is 0 Å². The normalized spacial score (nSPS) is 18.2. The monoisotopic (exact) mass is 186 g/mol. The second kappa shape index (κ2) is 4.99. The minimum Gasteiger partial charge on any atom is -0.462 e. The third-order valence-electron chi connectivity index (χ3n) is 1.67. The van der Waals surface area contributed by atoms with Gasteiger partial charge in [-0.25, -0.2) is 4.79 Å². The fourth-order valence-corrected chi connectivity index (χ4v) is 0.950. The maximum Gasteiger partial charge on any atom is 0.333 e. The summed E-state index contributed by atoms with van der Waals surface area (Å²) >= 11 is 0. The topological polar surface area (TPSA) is 44.8 Å². The fourth-order valence-electron chi connectivity index (χ4n) is 0.950. The van der Waals surface area contributed by atoms with Crippen LogP contribution in [-0.4, -0.2) is 32.6 Å². The first kappa shape index (κ1) is 10.2. The molecule has 1 heterocycles. The predicted octanol–water partition coefficient (Wildman–Crippen LogP) is 0.726. The molecule has 0 radical (unpaired) electrons. The standard InChI is InChI=1S/C9H14O4/c1-7(2)9(10)13-5-8-3-11-6-12-4-8/h8H,1,3-6H2,2H3. The van der Waals surface area contributed by atoms with Crippen LogP contribution in [0.3, 0.4) is 0 Å². The van der Waals surface area contributed by atoms with E-state index in [1.165, 1.54) is 0 Å².